The number of anilines is 2. The Morgan fingerprint density at radius 1 is 1.09 bits per heavy atom. The standard InChI is InChI=1S/C25H27N5OS/c1-17(31)27-18-11-13-20(14-12-18)30-24(22-10-6-16-29(22)19-7-2-3-8-19)23(28-25(30)32)21-9-4-5-15-26-21/h4-6,9-16,19,23-24H,2-3,7-8H2,1H3,(H,27,31)(H,28,32)/t23-,24+/m1/s1. The van der Waals surface area contributed by atoms with Gasteiger partial charge in [-0.3, -0.25) is 9.78 Å². The zero-order valence-electron chi connectivity index (χ0n) is 18.1. The molecule has 5 rings (SSSR count). The number of benzene rings is 1. The van der Waals surface area contributed by atoms with Crippen LogP contribution in [-0.4, -0.2) is 20.6 Å². The fraction of sp³-hybridized carbons (Fsp3) is 0.320. The SMILES string of the molecule is CC(=O)Nc1ccc(N2C(=S)N[C@H](c3ccccn3)[C@@H]2c2cccn2C2CCCC2)cc1. The number of aromatic nitrogens is 2. The van der Waals surface area contributed by atoms with Gasteiger partial charge >= 0.3 is 0 Å². The fourth-order valence-corrected chi connectivity index (χ4v) is 5.36. The Kier molecular flexibility index (Phi) is 5.66. The molecule has 0 radical (unpaired) electrons. The van der Waals surface area contributed by atoms with Crippen molar-refractivity contribution in [1.29, 1.82) is 0 Å². The lowest BCUT2D eigenvalue weighted by Gasteiger charge is -2.30. The summed E-state index contributed by atoms with van der Waals surface area (Å²) in [6, 6.07) is 18.7. The van der Waals surface area contributed by atoms with E-state index < -0.39 is 0 Å². The molecule has 6 nitrogen and oxygen atoms in total. The summed E-state index contributed by atoms with van der Waals surface area (Å²) < 4.78 is 2.45. The van der Waals surface area contributed by atoms with Gasteiger partial charge in [-0.05, 0) is 73.6 Å². The van der Waals surface area contributed by atoms with E-state index in [2.05, 4.69) is 49.5 Å². The van der Waals surface area contributed by atoms with E-state index in [0.717, 1.165) is 17.1 Å². The number of carbonyl (C=O) groups excluding carboxylic acids is 1. The minimum Gasteiger partial charge on any atom is -0.351 e. The highest BCUT2D eigenvalue weighted by molar-refractivity contribution is 7.80. The summed E-state index contributed by atoms with van der Waals surface area (Å²) in [4.78, 5) is 18.3. The molecule has 3 heterocycles. The van der Waals surface area contributed by atoms with Crippen molar-refractivity contribution in [3.8, 4) is 0 Å². The average Bonchev–Trinajstić information content (AvgIpc) is 3.54. The molecular weight excluding hydrogens is 418 g/mol. The zero-order valence-corrected chi connectivity index (χ0v) is 18.9. The summed E-state index contributed by atoms with van der Waals surface area (Å²) in [6.45, 7) is 1.51. The summed E-state index contributed by atoms with van der Waals surface area (Å²) in [6.07, 6.45) is 9.03. The lowest BCUT2D eigenvalue weighted by atomic mass is 10.00. The predicted molar refractivity (Wildman–Crippen MR) is 131 cm³/mol. The van der Waals surface area contributed by atoms with Crippen LogP contribution in [0.3, 0.4) is 0 Å². The quantitative estimate of drug-likeness (QED) is 0.533. The molecule has 1 aliphatic carbocycles. The molecule has 7 heteroatoms. The highest BCUT2D eigenvalue weighted by Crippen LogP contribution is 2.43. The van der Waals surface area contributed by atoms with Crippen molar-refractivity contribution in [3.05, 3.63) is 78.4 Å². The number of rotatable bonds is 5. The van der Waals surface area contributed by atoms with E-state index in [4.69, 9.17) is 12.2 Å². The second-order valence-corrected chi connectivity index (χ2v) is 8.89. The molecule has 2 fully saturated rings. The van der Waals surface area contributed by atoms with Crippen LogP contribution in [0.15, 0.2) is 67.0 Å². The van der Waals surface area contributed by atoms with Gasteiger partial charge in [0.25, 0.3) is 0 Å². The van der Waals surface area contributed by atoms with Crippen LogP contribution < -0.4 is 15.5 Å². The molecule has 2 atom stereocenters. The third-order valence-corrected chi connectivity index (χ3v) is 6.71. The summed E-state index contributed by atoms with van der Waals surface area (Å²) >= 11 is 5.84. The molecule has 1 saturated heterocycles. The molecule has 0 unspecified atom stereocenters. The Morgan fingerprint density at radius 3 is 2.56 bits per heavy atom. The van der Waals surface area contributed by atoms with Crippen LogP contribution in [0.4, 0.5) is 11.4 Å². The topological polar surface area (TPSA) is 62.2 Å². The normalized spacial score (nSPS) is 21.0. The molecule has 164 valence electrons. The number of hydrogen-bond donors (Lipinski definition) is 2. The highest BCUT2D eigenvalue weighted by Gasteiger charge is 2.42. The summed E-state index contributed by atoms with van der Waals surface area (Å²) in [5.74, 6) is -0.0846. The number of nitrogens with one attached hydrogen (secondary N) is 2. The number of pyridine rings is 1. The largest absolute Gasteiger partial charge is 0.351 e. The second-order valence-electron chi connectivity index (χ2n) is 8.50. The smallest absolute Gasteiger partial charge is 0.221 e. The molecule has 0 bridgehead atoms. The number of nitrogens with zero attached hydrogens (tertiary/aromatic N) is 3. The van der Waals surface area contributed by atoms with E-state index in [9.17, 15) is 4.79 Å². The molecule has 2 aromatic heterocycles. The first-order chi connectivity index (χ1) is 15.6. The Bertz CT molecular complexity index is 1100. The third kappa shape index (κ3) is 3.88. The lowest BCUT2D eigenvalue weighted by molar-refractivity contribution is -0.114. The van der Waals surface area contributed by atoms with Crippen LogP contribution in [-0.2, 0) is 4.79 Å². The van der Waals surface area contributed by atoms with Gasteiger partial charge in [0.15, 0.2) is 5.11 Å². The van der Waals surface area contributed by atoms with Gasteiger partial charge in [-0.1, -0.05) is 18.9 Å². The van der Waals surface area contributed by atoms with Crippen LogP contribution in [0, 0.1) is 0 Å². The van der Waals surface area contributed by atoms with Crippen molar-refractivity contribution >= 4 is 34.6 Å². The minimum atomic E-state index is -0.0846. The Labute approximate surface area is 193 Å². The van der Waals surface area contributed by atoms with E-state index >= 15 is 0 Å². The van der Waals surface area contributed by atoms with Crippen molar-refractivity contribution in [2.75, 3.05) is 10.2 Å². The summed E-state index contributed by atoms with van der Waals surface area (Å²) in [5, 5.41) is 7.04. The van der Waals surface area contributed by atoms with Gasteiger partial charge in [-0.2, -0.15) is 0 Å². The van der Waals surface area contributed by atoms with Crippen molar-refractivity contribution in [3.63, 3.8) is 0 Å². The van der Waals surface area contributed by atoms with Gasteiger partial charge in [-0.15, -0.1) is 0 Å². The molecular formula is C25H27N5OS. The Morgan fingerprint density at radius 2 is 1.88 bits per heavy atom. The van der Waals surface area contributed by atoms with E-state index in [1.165, 1.54) is 38.3 Å². The number of carbonyl (C=O) groups is 1. The van der Waals surface area contributed by atoms with Crippen LogP contribution in [0.25, 0.3) is 0 Å². The molecule has 1 aromatic carbocycles. The van der Waals surface area contributed by atoms with Crippen molar-refractivity contribution < 1.29 is 4.79 Å². The highest BCUT2D eigenvalue weighted by atomic mass is 32.1. The number of thiocarbonyl (C=S) groups is 1. The second kappa shape index (κ2) is 8.74. The maximum atomic E-state index is 11.4. The van der Waals surface area contributed by atoms with E-state index in [0.29, 0.717) is 11.2 Å². The van der Waals surface area contributed by atoms with Gasteiger partial charge in [0.1, 0.15) is 6.04 Å². The van der Waals surface area contributed by atoms with Gasteiger partial charge in [0, 0.05) is 42.4 Å². The van der Waals surface area contributed by atoms with Crippen LogP contribution in [0.2, 0.25) is 0 Å². The maximum absolute atomic E-state index is 11.4. The van der Waals surface area contributed by atoms with E-state index in [-0.39, 0.29) is 18.0 Å². The molecule has 32 heavy (non-hydrogen) atoms. The van der Waals surface area contributed by atoms with Gasteiger partial charge in [0.2, 0.25) is 5.91 Å². The van der Waals surface area contributed by atoms with E-state index in [1.807, 2.05) is 42.6 Å². The lowest BCUT2D eigenvalue weighted by Crippen LogP contribution is -2.30. The summed E-state index contributed by atoms with van der Waals surface area (Å²) in [5.41, 5.74) is 3.97. The molecule has 2 aliphatic rings. The van der Waals surface area contributed by atoms with Crippen LogP contribution >= 0.6 is 12.2 Å². The Hall–Kier alpha value is -3.19. The Balaban J connectivity index is 1.57. The van der Waals surface area contributed by atoms with Gasteiger partial charge in [-0.25, -0.2) is 0 Å². The molecule has 0 spiro atoms. The maximum Gasteiger partial charge on any atom is 0.221 e. The average molecular weight is 446 g/mol. The number of amides is 1. The summed E-state index contributed by atoms with van der Waals surface area (Å²) in [7, 11) is 0. The molecule has 2 N–H and O–H groups in total. The van der Waals surface area contributed by atoms with Crippen LogP contribution in [0.1, 0.15) is 62.1 Å². The molecule has 1 saturated carbocycles. The van der Waals surface area contributed by atoms with Gasteiger partial charge < -0.3 is 20.1 Å². The van der Waals surface area contributed by atoms with Crippen LogP contribution in [0.5, 0.6) is 0 Å². The van der Waals surface area contributed by atoms with E-state index in [1.54, 1.807) is 0 Å². The monoisotopic (exact) mass is 445 g/mol. The first kappa shape index (κ1) is 20.7. The molecule has 1 aliphatic heterocycles. The van der Waals surface area contributed by atoms with Crippen molar-refractivity contribution in [1.82, 2.24) is 14.9 Å². The molecule has 3 aromatic rings. The first-order valence-electron chi connectivity index (χ1n) is 11.2. The van der Waals surface area contributed by atoms with Gasteiger partial charge in [0.05, 0.1) is 11.7 Å². The van der Waals surface area contributed by atoms with Crippen molar-refractivity contribution in [2.24, 2.45) is 0 Å². The zero-order chi connectivity index (χ0) is 22.1. The minimum absolute atomic E-state index is 0.0281. The predicted octanol–water partition coefficient (Wildman–Crippen LogP) is 5.13. The third-order valence-electron chi connectivity index (χ3n) is 6.40. The number of hydrogen-bond acceptors (Lipinski definition) is 3. The van der Waals surface area contributed by atoms with Crippen molar-refractivity contribution in [2.45, 2.75) is 50.7 Å². The molecule has 1 amide bonds. The first-order valence-corrected chi connectivity index (χ1v) is 11.6. The fourth-order valence-electron chi connectivity index (χ4n) is 5.01.